The van der Waals surface area contributed by atoms with Gasteiger partial charge in [0, 0.05) is 30.9 Å². The maximum atomic E-state index is 12.3. The van der Waals surface area contributed by atoms with Crippen molar-refractivity contribution in [2.75, 3.05) is 67.1 Å². The van der Waals surface area contributed by atoms with Crippen LogP contribution in [-0.2, 0) is 99.9 Å². The molecule has 4 aliphatic heterocycles. The van der Waals surface area contributed by atoms with Crippen LogP contribution in [-0.4, -0.2) is 287 Å². The number of rotatable bonds is 26. The molecule has 0 bridgehead atoms. The Morgan fingerprint density at radius 3 is 1.02 bits per heavy atom. The number of esters is 3. The van der Waals surface area contributed by atoms with Gasteiger partial charge in [-0.1, -0.05) is 19.7 Å². The average Bonchev–Trinajstić information content (AvgIpc) is 3.37. The third kappa shape index (κ3) is 22.0. The zero-order valence-corrected chi connectivity index (χ0v) is 44.8. The van der Waals surface area contributed by atoms with Gasteiger partial charge in [-0.05, 0) is 34.6 Å². The van der Waals surface area contributed by atoms with Crippen LogP contribution >= 0.6 is 0 Å². The third-order valence-corrected chi connectivity index (χ3v) is 11.7. The summed E-state index contributed by atoms with van der Waals surface area (Å²) in [6.07, 6.45) is -26.3. The maximum absolute atomic E-state index is 12.3. The van der Waals surface area contributed by atoms with E-state index in [1.807, 2.05) is 0 Å². The van der Waals surface area contributed by atoms with Gasteiger partial charge in [-0.25, -0.2) is 33.6 Å². The Labute approximate surface area is 457 Å². The molecule has 20 unspecified atom stereocenters. The topological polar surface area (TPSA) is 471 Å². The van der Waals surface area contributed by atoms with E-state index in [1.54, 1.807) is 0 Å². The van der Waals surface area contributed by atoms with Crippen LogP contribution in [0.25, 0.3) is 0 Å². The fourth-order valence-corrected chi connectivity index (χ4v) is 7.70. The highest BCUT2D eigenvalue weighted by molar-refractivity contribution is 6.00. The second-order valence-corrected chi connectivity index (χ2v) is 18.4. The Kier molecular flexibility index (Phi) is 30.6. The highest BCUT2D eigenvalue weighted by Crippen LogP contribution is 2.33. The van der Waals surface area contributed by atoms with Crippen molar-refractivity contribution >= 4 is 41.8 Å². The number of carbonyl (C=O) groups excluding carboxylic acids is 3. The van der Waals surface area contributed by atoms with Crippen molar-refractivity contribution < 1.29 is 156 Å². The van der Waals surface area contributed by atoms with E-state index in [-0.39, 0.29) is 43.1 Å². The number of carbonyl (C=O) groups is 7. The molecule has 11 N–H and O–H groups in total. The van der Waals surface area contributed by atoms with Crippen molar-refractivity contribution in [3.63, 3.8) is 0 Å². The second kappa shape index (κ2) is 34.4. The molecule has 0 radical (unpaired) electrons. The first-order valence-electron chi connectivity index (χ1n) is 24.3. The lowest BCUT2D eigenvalue weighted by molar-refractivity contribution is -0.345. The first-order valence-corrected chi connectivity index (χ1v) is 24.3. The number of carboxylic acid groups (broad SMARTS) is 4. The predicted molar refractivity (Wildman–Crippen MR) is 259 cm³/mol. The van der Waals surface area contributed by atoms with Gasteiger partial charge < -0.3 is 122 Å². The van der Waals surface area contributed by atoms with E-state index in [0.29, 0.717) is 0 Å². The number of methoxy groups -OCH3 is 2. The van der Waals surface area contributed by atoms with E-state index >= 15 is 0 Å². The Balaban J connectivity index is 0.000000463. The van der Waals surface area contributed by atoms with Crippen LogP contribution in [0.2, 0.25) is 0 Å². The van der Waals surface area contributed by atoms with Crippen LogP contribution in [0.4, 0.5) is 0 Å². The summed E-state index contributed by atoms with van der Waals surface area (Å²) < 4.78 is 74.3. The minimum Gasteiger partial charge on any atom is -0.480 e. The summed E-state index contributed by atoms with van der Waals surface area (Å²) in [5.41, 5.74) is 0.385. The summed E-state index contributed by atoms with van der Waals surface area (Å²) >= 11 is 0. The van der Waals surface area contributed by atoms with Crippen molar-refractivity contribution in [1.82, 2.24) is 0 Å². The van der Waals surface area contributed by atoms with Crippen molar-refractivity contribution in [3.05, 3.63) is 36.5 Å². The fourth-order valence-electron chi connectivity index (χ4n) is 7.70. The number of hydrogen-bond donors (Lipinski definition) is 11. The maximum Gasteiger partial charge on any atom is 0.340 e. The summed E-state index contributed by atoms with van der Waals surface area (Å²) in [6, 6.07) is 0. The molecular weight excluding hydrogens is 1090 g/mol. The van der Waals surface area contributed by atoms with E-state index < -0.39 is 191 Å². The lowest BCUT2D eigenvalue weighted by Crippen LogP contribution is -2.65. The van der Waals surface area contributed by atoms with E-state index in [1.165, 1.54) is 48.8 Å². The van der Waals surface area contributed by atoms with Gasteiger partial charge in [-0.3, -0.25) is 0 Å². The van der Waals surface area contributed by atoms with Crippen molar-refractivity contribution in [2.24, 2.45) is 0 Å². The zero-order valence-electron chi connectivity index (χ0n) is 44.8. The summed E-state index contributed by atoms with van der Waals surface area (Å²) in [6.45, 7) is 13.4. The van der Waals surface area contributed by atoms with Crippen LogP contribution < -0.4 is 0 Å². The molecule has 4 saturated heterocycles. The molecule has 0 saturated carbocycles. The lowest BCUT2D eigenvalue weighted by Gasteiger charge is -2.47. The van der Waals surface area contributed by atoms with Crippen LogP contribution in [0, 0.1) is 0 Å². The number of aliphatic carboxylic acids is 4. The number of ether oxygens (including phenoxy) is 14. The van der Waals surface area contributed by atoms with Crippen molar-refractivity contribution in [3.8, 4) is 0 Å². The molecule has 0 spiro atoms. The molecule has 4 heterocycles. The number of aliphatic hydroxyl groups is 7. The summed E-state index contributed by atoms with van der Waals surface area (Å²) in [7, 11) is 2.49. The first-order chi connectivity index (χ1) is 37.4. The van der Waals surface area contributed by atoms with Crippen LogP contribution in [0.5, 0.6) is 0 Å². The Hall–Kier alpha value is -5.05. The quantitative estimate of drug-likeness (QED) is 0.0221. The molecule has 4 rings (SSSR count). The summed E-state index contributed by atoms with van der Waals surface area (Å²) in [5, 5.41) is 109. The van der Waals surface area contributed by atoms with Gasteiger partial charge in [0.15, 0.2) is 18.7 Å². The number of carboxylic acids is 4. The minimum absolute atomic E-state index is 0.00272. The molecule has 20 atom stereocenters. The van der Waals surface area contributed by atoms with Crippen LogP contribution in [0.3, 0.4) is 0 Å². The van der Waals surface area contributed by atoms with Gasteiger partial charge in [-0.15, -0.1) is 0 Å². The number of hydrogen-bond acceptors (Lipinski definition) is 28. The van der Waals surface area contributed by atoms with E-state index in [4.69, 9.17) is 82.0 Å². The molecular formula is C48H74O32. The van der Waals surface area contributed by atoms with Crippen LogP contribution in [0.15, 0.2) is 36.5 Å². The van der Waals surface area contributed by atoms with Crippen molar-refractivity contribution in [2.45, 2.75) is 157 Å². The normalized spacial score (nSPS) is 33.9. The summed E-state index contributed by atoms with van der Waals surface area (Å²) in [5.74, 6) is -7.26. The molecule has 0 aliphatic carbocycles. The first kappa shape index (κ1) is 71.1. The van der Waals surface area contributed by atoms with Gasteiger partial charge in [-0.2, -0.15) is 0 Å². The molecule has 32 heteroatoms. The third-order valence-electron chi connectivity index (χ3n) is 11.7. The number of aliphatic hydroxyl groups excluding tert-OH is 7. The van der Waals surface area contributed by atoms with Crippen LogP contribution in [0.1, 0.15) is 34.6 Å². The van der Waals surface area contributed by atoms with Gasteiger partial charge in [0.1, 0.15) is 118 Å². The lowest BCUT2D eigenvalue weighted by atomic mass is 9.94. The second-order valence-electron chi connectivity index (χ2n) is 18.4. The van der Waals surface area contributed by atoms with Gasteiger partial charge in [0.05, 0.1) is 38.6 Å². The standard InChI is InChI=1S/C22H34O15.C18H30O14.C8H10O3/c1-9(2)21(30)36-20-17(29)18(31-4)11(5-32-7-13(23)24)35-22(20)37-19-12(6-33-8-14(25)26)34-10(3)15(27)16(19)28;1-7-12(23)13(24)17(9(30-7)4-29-6-11(21)22)32-18-15(26)14(25)16(27-2)8(31-18)3-28-5-10(19)20;1-5(2)7(9)11-8(10)6(3)4/h10-12,15-20,22,27-29H,1,5-8H2,2-4H3,(H,23,24)(H,25,26);7-9,12-18,23-26H,3-6H2,1-2H3,(H,19,20)(H,21,22);1,3H2,2,4H3. The van der Waals surface area contributed by atoms with Gasteiger partial charge in [0.2, 0.25) is 0 Å². The average molecular weight is 1160 g/mol. The predicted octanol–water partition coefficient (Wildman–Crippen LogP) is -4.58. The Morgan fingerprint density at radius 1 is 0.400 bits per heavy atom. The molecule has 32 nitrogen and oxygen atoms in total. The molecule has 4 aliphatic rings. The molecule has 0 aromatic carbocycles. The molecule has 4 fully saturated rings. The summed E-state index contributed by atoms with van der Waals surface area (Å²) in [4.78, 5) is 76.7. The van der Waals surface area contributed by atoms with Gasteiger partial charge >= 0.3 is 41.8 Å². The highest BCUT2D eigenvalue weighted by atomic mass is 16.7. The molecule has 0 aromatic heterocycles. The van der Waals surface area contributed by atoms with E-state index in [0.717, 1.165) is 0 Å². The monoisotopic (exact) mass is 1160 g/mol. The Bertz CT molecular complexity index is 2040. The van der Waals surface area contributed by atoms with E-state index in [9.17, 15) is 69.3 Å². The molecule has 0 aromatic rings. The minimum atomic E-state index is -1.65. The largest absolute Gasteiger partial charge is 0.480 e. The molecule has 458 valence electrons. The molecule has 0 amide bonds. The van der Waals surface area contributed by atoms with Gasteiger partial charge in [0.25, 0.3) is 0 Å². The Morgan fingerprint density at radius 2 is 0.700 bits per heavy atom. The molecule has 80 heavy (non-hydrogen) atoms. The smallest absolute Gasteiger partial charge is 0.340 e. The highest BCUT2D eigenvalue weighted by Gasteiger charge is 2.54. The zero-order chi connectivity index (χ0) is 60.9. The fraction of sp³-hybridized carbons (Fsp3) is 0.729. The van der Waals surface area contributed by atoms with Crippen molar-refractivity contribution in [1.29, 1.82) is 0 Å². The van der Waals surface area contributed by atoms with E-state index in [2.05, 4.69) is 24.5 Å². The SMILES string of the molecule is C=C(C)C(=O)OC(=O)C(=C)C.C=C(C)C(=O)OC1C(OC2C(COCC(=O)O)OC(C)C(O)C2O)OC(COCC(=O)O)C(OC)C1O.COC1C(COCC(=O)O)OC(OC2C(COCC(=O)O)OC(C)C(O)C2O)C(O)C1O.